The van der Waals surface area contributed by atoms with Gasteiger partial charge in [-0.15, -0.1) is 10.2 Å². The van der Waals surface area contributed by atoms with E-state index >= 15 is 0 Å². The van der Waals surface area contributed by atoms with E-state index in [4.69, 9.17) is 4.42 Å². The molecule has 0 fully saturated rings. The van der Waals surface area contributed by atoms with Crippen LogP contribution in [0.2, 0.25) is 0 Å². The molecule has 0 amide bonds. The first-order valence-electron chi connectivity index (χ1n) is 6.29. The number of aromatic nitrogens is 2. The van der Waals surface area contributed by atoms with Crippen LogP contribution >= 0.6 is 0 Å². The molecule has 4 nitrogen and oxygen atoms in total. The highest BCUT2D eigenvalue weighted by atomic mass is 16.4. The lowest BCUT2D eigenvalue weighted by atomic mass is 10.1. The molecule has 1 aromatic rings. The minimum Gasteiger partial charge on any atom is -0.423 e. The molecule has 92 valence electrons. The van der Waals surface area contributed by atoms with Crippen molar-refractivity contribution >= 4 is 0 Å². The largest absolute Gasteiger partial charge is 0.423 e. The predicted octanol–water partition coefficient (Wildman–Crippen LogP) is 3.03. The van der Waals surface area contributed by atoms with Gasteiger partial charge < -0.3 is 9.73 Å². The second-order valence-corrected chi connectivity index (χ2v) is 4.20. The summed E-state index contributed by atoms with van der Waals surface area (Å²) in [6.45, 7) is 9.50. The Kier molecular flexibility index (Phi) is 5.46. The van der Waals surface area contributed by atoms with Gasteiger partial charge in [-0.25, -0.2) is 0 Å². The van der Waals surface area contributed by atoms with Crippen molar-refractivity contribution in [3.63, 3.8) is 0 Å². The molecule has 0 saturated carbocycles. The summed E-state index contributed by atoms with van der Waals surface area (Å²) in [5, 5.41) is 11.6. The van der Waals surface area contributed by atoms with E-state index in [0.717, 1.165) is 37.6 Å². The SMILES string of the molecule is CCCNC(CC)c1nnc(C(C)CC)o1. The third-order valence-corrected chi connectivity index (χ3v) is 2.84. The molecule has 2 atom stereocenters. The van der Waals surface area contributed by atoms with Crippen molar-refractivity contribution in [1.29, 1.82) is 0 Å². The van der Waals surface area contributed by atoms with Gasteiger partial charge in [0.1, 0.15) is 0 Å². The molecular weight excluding hydrogens is 202 g/mol. The van der Waals surface area contributed by atoms with Gasteiger partial charge in [-0.2, -0.15) is 0 Å². The van der Waals surface area contributed by atoms with E-state index in [1.54, 1.807) is 0 Å². The first kappa shape index (κ1) is 13.2. The summed E-state index contributed by atoms with van der Waals surface area (Å²) < 4.78 is 5.70. The minimum atomic E-state index is 0.199. The fourth-order valence-corrected chi connectivity index (χ4v) is 1.49. The number of hydrogen-bond acceptors (Lipinski definition) is 4. The second-order valence-electron chi connectivity index (χ2n) is 4.20. The van der Waals surface area contributed by atoms with Crippen molar-refractivity contribution in [3.8, 4) is 0 Å². The van der Waals surface area contributed by atoms with Crippen molar-refractivity contribution in [1.82, 2.24) is 15.5 Å². The summed E-state index contributed by atoms with van der Waals surface area (Å²) in [5.41, 5.74) is 0. The van der Waals surface area contributed by atoms with Crippen molar-refractivity contribution in [2.45, 2.75) is 58.9 Å². The molecule has 0 aromatic carbocycles. The summed E-state index contributed by atoms with van der Waals surface area (Å²) in [5.74, 6) is 1.84. The molecule has 1 rings (SSSR count). The first-order valence-corrected chi connectivity index (χ1v) is 6.29. The van der Waals surface area contributed by atoms with E-state index in [9.17, 15) is 0 Å². The number of nitrogens with one attached hydrogen (secondary N) is 1. The third-order valence-electron chi connectivity index (χ3n) is 2.84. The van der Waals surface area contributed by atoms with E-state index < -0.39 is 0 Å². The molecule has 0 radical (unpaired) electrons. The molecule has 16 heavy (non-hydrogen) atoms. The highest BCUT2D eigenvalue weighted by Crippen LogP contribution is 2.21. The lowest BCUT2D eigenvalue weighted by Crippen LogP contribution is -2.21. The summed E-state index contributed by atoms with van der Waals surface area (Å²) >= 11 is 0. The zero-order valence-electron chi connectivity index (χ0n) is 10.8. The molecule has 0 spiro atoms. The van der Waals surface area contributed by atoms with Crippen LogP contribution < -0.4 is 5.32 Å². The Morgan fingerprint density at radius 1 is 1.12 bits per heavy atom. The first-order chi connectivity index (χ1) is 7.72. The van der Waals surface area contributed by atoms with E-state index in [1.165, 1.54) is 0 Å². The minimum absolute atomic E-state index is 0.199. The lowest BCUT2D eigenvalue weighted by molar-refractivity contribution is 0.360. The van der Waals surface area contributed by atoms with E-state index in [1.807, 2.05) is 0 Å². The number of hydrogen-bond donors (Lipinski definition) is 1. The average molecular weight is 225 g/mol. The van der Waals surface area contributed by atoms with Crippen LogP contribution in [0.25, 0.3) is 0 Å². The second kappa shape index (κ2) is 6.63. The number of nitrogens with zero attached hydrogens (tertiary/aromatic N) is 2. The summed E-state index contributed by atoms with van der Waals surface area (Å²) in [6, 6.07) is 0.199. The molecule has 0 aliphatic heterocycles. The molecule has 2 unspecified atom stereocenters. The maximum absolute atomic E-state index is 5.70. The summed E-state index contributed by atoms with van der Waals surface area (Å²) in [7, 11) is 0. The van der Waals surface area contributed by atoms with Crippen LogP contribution in [0.5, 0.6) is 0 Å². The van der Waals surface area contributed by atoms with Crippen LogP contribution in [0.1, 0.15) is 70.7 Å². The zero-order chi connectivity index (χ0) is 12.0. The van der Waals surface area contributed by atoms with Crippen LogP contribution in [0.4, 0.5) is 0 Å². The fourth-order valence-electron chi connectivity index (χ4n) is 1.49. The van der Waals surface area contributed by atoms with Crippen molar-refractivity contribution < 1.29 is 4.42 Å². The van der Waals surface area contributed by atoms with Gasteiger partial charge in [0.05, 0.1) is 6.04 Å². The van der Waals surface area contributed by atoms with Crippen LogP contribution in [0, 0.1) is 0 Å². The molecule has 1 N–H and O–H groups in total. The van der Waals surface area contributed by atoms with Crippen molar-refractivity contribution in [3.05, 3.63) is 11.8 Å². The van der Waals surface area contributed by atoms with Gasteiger partial charge in [0.25, 0.3) is 0 Å². The normalized spacial score (nSPS) is 15.0. The monoisotopic (exact) mass is 225 g/mol. The molecule has 0 bridgehead atoms. The van der Waals surface area contributed by atoms with Gasteiger partial charge in [0.2, 0.25) is 11.8 Å². The van der Waals surface area contributed by atoms with E-state index in [-0.39, 0.29) is 6.04 Å². The quantitative estimate of drug-likeness (QED) is 0.775. The lowest BCUT2D eigenvalue weighted by Gasteiger charge is -2.11. The Labute approximate surface area is 97.8 Å². The Morgan fingerprint density at radius 3 is 2.38 bits per heavy atom. The standard InChI is InChI=1S/C12H23N3O/c1-5-8-13-10(7-3)12-15-14-11(16-12)9(4)6-2/h9-10,13H,5-8H2,1-4H3. The van der Waals surface area contributed by atoms with Gasteiger partial charge in [-0.05, 0) is 25.8 Å². The third kappa shape index (κ3) is 3.30. The Morgan fingerprint density at radius 2 is 1.81 bits per heavy atom. The topological polar surface area (TPSA) is 51.0 Å². The fraction of sp³-hybridized carbons (Fsp3) is 0.833. The molecule has 0 aliphatic carbocycles. The predicted molar refractivity (Wildman–Crippen MR) is 64.3 cm³/mol. The average Bonchev–Trinajstić information content (AvgIpc) is 2.78. The molecule has 0 saturated heterocycles. The van der Waals surface area contributed by atoms with Crippen LogP contribution in [-0.2, 0) is 0 Å². The molecule has 1 aromatic heterocycles. The molecule has 4 heteroatoms. The van der Waals surface area contributed by atoms with Crippen molar-refractivity contribution in [2.75, 3.05) is 6.54 Å². The van der Waals surface area contributed by atoms with Crippen molar-refractivity contribution in [2.24, 2.45) is 0 Å². The van der Waals surface area contributed by atoms with Gasteiger partial charge in [-0.3, -0.25) is 0 Å². The van der Waals surface area contributed by atoms with Crippen LogP contribution in [0.15, 0.2) is 4.42 Å². The van der Waals surface area contributed by atoms with Gasteiger partial charge >= 0.3 is 0 Å². The Balaban J connectivity index is 2.66. The maximum Gasteiger partial charge on any atom is 0.233 e. The molecule has 0 aliphatic rings. The maximum atomic E-state index is 5.70. The van der Waals surface area contributed by atoms with E-state index in [0.29, 0.717) is 5.92 Å². The van der Waals surface area contributed by atoms with Gasteiger partial charge in [0.15, 0.2) is 0 Å². The van der Waals surface area contributed by atoms with Gasteiger partial charge in [0, 0.05) is 5.92 Å². The molecule has 1 heterocycles. The Bertz CT molecular complexity index is 298. The van der Waals surface area contributed by atoms with Gasteiger partial charge in [-0.1, -0.05) is 27.7 Å². The number of rotatable bonds is 7. The molecular formula is C12H23N3O. The van der Waals surface area contributed by atoms with Crippen LogP contribution in [0.3, 0.4) is 0 Å². The highest BCUT2D eigenvalue weighted by molar-refractivity contribution is 4.93. The highest BCUT2D eigenvalue weighted by Gasteiger charge is 2.18. The van der Waals surface area contributed by atoms with E-state index in [2.05, 4.69) is 43.2 Å². The zero-order valence-corrected chi connectivity index (χ0v) is 10.8. The van der Waals surface area contributed by atoms with Crippen LogP contribution in [-0.4, -0.2) is 16.7 Å². The Hall–Kier alpha value is -0.900. The smallest absolute Gasteiger partial charge is 0.233 e. The summed E-state index contributed by atoms with van der Waals surface area (Å²) in [4.78, 5) is 0. The summed E-state index contributed by atoms with van der Waals surface area (Å²) in [6.07, 6.45) is 3.12.